The monoisotopic (exact) mass is 350 g/mol. The highest BCUT2D eigenvalue weighted by molar-refractivity contribution is 5.94. The van der Waals surface area contributed by atoms with E-state index in [1.807, 2.05) is 29.2 Å². The Labute approximate surface area is 154 Å². The standard InChI is InChI=1S/C21H24N3O2/c25-20-13-18(14-22-15-20)16-3-5-17(6-4-16)21(26)24-11-7-19(8-12-24)23-9-1-2-10-23/h3-6,13-15,19H,1-2,7-12H2. The van der Waals surface area contributed by atoms with Crippen molar-refractivity contribution in [1.82, 2.24) is 14.8 Å². The Morgan fingerprint density at radius 3 is 2.27 bits per heavy atom. The zero-order chi connectivity index (χ0) is 17.9. The highest BCUT2D eigenvalue weighted by atomic mass is 16.3. The summed E-state index contributed by atoms with van der Waals surface area (Å²) < 4.78 is 0. The van der Waals surface area contributed by atoms with E-state index < -0.39 is 0 Å². The van der Waals surface area contributed by atoms with E-state index in [1.165, 1.54) is 32.1 Å². The summed E-state index contributed by atoms with van der Waals surface area (Å²) in [6.45, 7) is 4.12. The van der Waals surface area contributed by atoms with Gasteiger partial charge in [-0.25, -0.2) is 0 Å². The maximum Gasteiger partial charge on any atom is 0.253 e. The first kappa shape index (κ1) is 17.0. The Balaban J connectivity index is 1.39. The minimum Gasteiger partial charge on any atom is -0.339 e. The van der Waals surface area contributed by atoms with Gasteiger partial charge in [0.2, 0.25) is 0 Å². The summed E-state index contributed by atoms with van der Waals surface area (Å²) in [5, 5.41) is 11.4. The van der Waals surface area contributed by atoms with Crippen molar-refractivity contribution in [2.45, 2.75) is 31.7 Å². The summed E-state index contributed by atoms with van der Waals surface area (Å²) in [4.78, 5) is 21.3. The largest absolute Gasteiger partial charge is 0.339 e. The molecule has 5 heteroatoms. The minimum absolute atomic E-state index is 0.104. The molecule has 0 N–H and O–H groups in total. The second-order valence-electron chi connectivity index (χ2n) is 7.25. The third-order valence-electron chi connectivity index (χ3n) is 5.59. The van der Waals surface area contributed by atoms with E-state index >= 15 is 0 Å². The Kier molecular flexibility index (Phi) is 4.89. The predicted molar refractivity (Wildman–Crippen MR) is 99.5 cm³/mol. The maximum atomic E-state index is 12.8. The summed E-state index contributed by atoms with van der Waals surface area (Å²) in [6.07, 6.45) is 7.75. The number of piperidine rings is 1. The highest BCUT2D eigenvalue weighted by Crippen LogP contribution is 2.25. The molecule has 1 aromatic heterocycles. The van der Waals surface area contributed by atoms with Crippen molar-refractivity contribution in [2.75, 3.05) is 26.2 Å². The fourth-order valence-electron chi connectivity index (χ4n) is 4.11. The van der Waals surface area contributed by atoms with Crippen LogP contribution in [0.25, 0.3) is 11.1 Å². The van der Waals surface area contributed by atoms with Gasteiger partial charge in [0.05, 0.1) is 6.20 Å². The molecular weight excluding hydrogens is 326 g/mol. The average Bonchev–Trinajstić information content (AvgIpc) is 3.23. The van der Waals surface area contributed by atoms with Crippen LogP contribution in [0.15, 0.2) is 42.7 Å². The Bertz CT molecular complexity index is 761. The van der Waals surface area contributed by atoms with Gasteiger partial charge in [-0.15, -0.1) is 0 Å². The van der Waals surface area contributed by atoms with Crippen molar-refractivity contribution < 1.29 is 9.90 Å². The molecule has 1 radical (unpaired) electrons. The van der Waals surface area contributed by atoms with Crippen LogP contribution in [0.3, 0.4) is 0 Å². The summed E-state index contributed by atoms with van der Waals surface area (Å²) in [5.74, 6) is -0.00403. The first-order valence-electron chi connectivity index (χ1n) is 9.46. The number of aromatic nitrogens is 1. The normalized spacial score (nSPS) is 19.0. The molecule has 26 heavy (non-hydrogen) atoms. The molecule has 2 saturated heterocycles. The maximum absolute atomic E-state index is 12.8. The van der Waals surface area contributed by atoms with Gasteiger partial charge in [-0.3, -0.25) is 14.9 Å². The van der Waals surface area contributed by atoms with Crippen LogP contribution in [0.2, 0.25) is 0 Å². The molecule has 2 aromatic rings. The topological polar surface area (TPSA) is 56.3 Å². The van der Waals surface area contributed by atoms with Gasteiger partial charge >= 0.3 is 0 Å². The van der Waals surface area contributed by atoms with Gasteiger partial charge in [-0.2, -0.15) is 0 Å². The Morgan fingerprint density at radius 1 is 0.923 bits per heavy atom. The molecule has 0 bridgehead atoms. The highest BCUT2D eigenvalue weighted by Gasteiger charge is 2.28. The van der Waals surface area contributed by atoms with E-state index in [2.05, 4.69) is 9.88 Å². The van der Waals surface area contributed by atoms with Crippen LogP contribution in [0.5, 0.6) is 5.75 Å². The fraction of sp³-hybridized carbons (Fsp3) is 0.429. The molecule has 135 valence electrons. The van der Waals surface area contributed by atoms with Gasteiger partial charge < -0.3 is 9.80 Å². The minimum atomic E-state index is -0.108. The molecule has 1 aromatic carbocycles. The molecule has 2 fully saturated rings. The van der Waals surface area contributed by atoms with Crippen molar-refractivity contribution in [3.05, 3.63) is 48.3 Å². The van der Waals surface area contributed by atoms with E-state index in [0.29, 0.717) is 11.6 Å². The SMILES string of the molecule is [O]c1cncc(-c2ccc(C(=O)N3CCC(N4CCCC4)CC3)cc2)c1. The van der Waals surface area contributed by atoms with Gasteiger partial charge in [0, 0.05) is 36.5 Å². The lowest BCUT2D eigenvalue weighted by Gasteiger charge is -2.36. The van der Waals surface area contributed by atoms with Gasteiger partial charge in [0.15, 0.2) is 5.75 Å². The fourth-order valence-corrected chi connectivity index (χ4v) is 4.11. The van der Waals surface area contributed by atoms with Crippen LogP contribution in [-0.2, 0) is 5.11 Å². The average molecular weight is 350 g/mol. The first-order chi connectivity index (χ1) is 12.7. The number of likely N-dealkylation sites (tertiary alicyclic amines) is 2. The molecule has 2 aliphatic heterocycles. The summed E-state index contributed by atoms with van der Waals surface area (Å²) >= 11 is 0. The number of rotatable bonds is 3. The number of hydrogen-bond donors (Lipinski definition) is 0. The quantitative estimate of drug-likeness (QED) is 0.850. The zero-order valence-electron chi connectivity index (χ0n) is 14.9. The number of amides is 1. The van der Waals surface area contributed by atoms with Crippen LogP contribution in [0.1, 0.15) is 36.0 Å². The van der Waals surface area contributed by atoms with Crippen molar-refractivity contribution in [1.29, 1.82) is 0 Å². The second kappa shape index (κ2) is 7.46. The molecule has 0 saturated carbocycles. The lowest BCUT2D eigenvalue weighted by molar-refractivity contribution is 0.0644. The van der Waals surface area contributed by atoms with Gasteiger partial charge in [0.1, 0.15) is 0 Å². The van der Waals surface area contributed by atoms with Gasteiger partial charge in [-0.1, -0.05) is 12.1 Å². The van der Waals surface area contributed by atoms with E-state index in [1.54, 1.807) is 12.3 Å². The van der Waals surface area contributed by atoms with Gasteiger partial charge in [-0.05, 0) is 62.5 Å². The molecule has 0 atom stereocenters. The Hall–Kier alpha value is -2.40. The zero-order valence-corrected chi connectivity index (χ0v) is 14.9. The third-order valence-corrected chi connectivity index (χ3v) is 5.59. The first-order valence-corrected chi connectivity index (χ1v) is 9.46. The number of pyridine rings is 1. The number of nitrogens with zero attached hydrogens (tertiary/aromatic N) is 3. The van der Waals surface area contributed by atoms with E-state index in [0.717, 1.165) is 37.1 Å². The summed E-state index contributed by atoms with van der Waals surface area (Å²) in [6, 6.07) is 9.69. The third kappa shape index (κ3) is 3.58. The number of hydrogen-bond acceptors (Lipinski definition) is 3. The number of benzene rings is 1. The van der Waals surface area contributed by atoms with E-state index in [9.17, 15) is 9.90 Å². The smallest absolute Gasteiger partial charge is 0.253 e. The van der Waals surface area contributed by atoms with Crippen LogP contribution in [-0.4, -0.2) is 52.9 Å². The summed E-state index contributed by atoms with van der Waals surface area (Å²) in [5.41, 5.74) is 2.39. The van der Waals surface area contributed by atoms with Gasteiger partial charge in [0.25, 0.3) is 5.91 Å². The molecule has 4 rings (SSSR count). The Morgan fingerprint density at radius 2 is 1.62 bits per heavy atom. The number of carbonyl (C=O) groups excluding carboxylic acids is 1. The van der Waals surface area contributed by atoms with Crippen LogP contribution < -0.4 is 0 Å². The lowest BCUT2D eigenvalue weighted by atomic mass is 10.0. The molecule has 2 aliphatic rings. The molecule has 0 unspecified atom stereocenters. The second-order valence-corrected chi connectivity index (χ2v) is 7.25. The molecular formula is C21H24N3O2. The van der Waals surface area contributed by atoms with Crippen LogP contribution in [0, 0.1) is 0 Å². The molecule has 3 heterocycles. The van der Waals surface area contributed by atoms with Crippen LogP contribution >= 0.6 is 0 Å². The molecule has 0 aliphatic carbocycles. The van der Waals surface area contributed by atoms with Crippen molar-refractivity contribution in [3.63, 3.8) is 0 Å². The van der Waals surface area contributed by atoms with Crippen molar-refractivity contribution in [2.24, 2.45) is 0 Å². The predicted octanol–water partition coefficient (Wildman–Crippen LogP) is 3.59. The van der Waals surface area contributed by atoms with Crippen LogP contribution in [0.4, 0.5) is 0 Å². The molecule has 1 amide bonds. The van der Waals surface area contributed by atoms with Crippen molar-refractivity contribution in [3.8, 4) is 16.9 Å². The number of carbonyl (C=O) groups is 1. The lowest BCUT2D eigenvalue weighted by Crippen LogP contribution is -2.45. The molecule has 5 nitrogen and oxygen atoms in total. The summed E-state index contributed by atoms with van der Waals surface area (Å²) in [7, 11) is 0. The van der Waals surface area contributed by atoms with E-state index in [-0.39, 0.29) is 11.7 Å². The van der Waals surface area contributed by atoms with E-state index in [4.69, 9.17) is 0 Å². The van der Waals surface area contributed by atoms with Crippen molar-refractivity contribution >= 4 is 5.91 Å². The molecule has 0 spiro atoms.